The van der Waals surface area contributed by atoms with Gasteiger partial charge in [0.25, 0.3) is 0 Å². The van der Waals surface area contributed by atoms with Crippen LogP contribution in [0, 0.1) is 0 Å². The van der Waals surface area contributed by atoms with Gasteiger partial charge in [-0.3, -0.25) is 14.4 Å². The van der Waals surface area contributed by atoms with Gasteiger partial charge in [-0.2, -0.15) is 0 Å². The molecular weight excluding hydrogens is 1440 g/mol. The SMILES string of the molecule is COc1cc(/C=C/C(=O)O[C@H]2[C@H](O[C@@H]3O[C@H](COC(C)=O)[C@@H](OC(C)=O)[C@H](O[C@@H]4O[C@H](CO)[C@@H](O)[C@H](O)[C@H]4O)[C@H]3O)[C@@H](O[C@@H]3O[C@H](CO)[C@@H](O)[C@H](O)[C@H]3O)[C@@H](O[C@]3(COC(=O)/C=C/c4ccc(O)cc4)O[C@H](CO)[C@@H](O)[C@@H]3OC(=O)c3ccccc3)O[C@@H]2COC(C)=O)ccc1O[C@@H]1O[C@@H](C)[C@H](O)[C@@H](O)[C@H]1O. The van der Waals surface area contributed by atoms with Crippen molar-refractivity contribution in [1.82, 2.24) is 0 Å². The third kappa shape index (κ3) is 20.1. The van der Waals surface area contributed by atoms with Crippen LogP contribution in [0.2, 0.25) is 0 Å². The first-order valence-corrected chi connectivity index (χ1v) is 33.4. The standard InChI is InChI=1S/C68H86O39/c1-28-45(78)49(82)52(85)63(94-28)96-36-18-13-33(21-37(36)90-5)15-20-44(77)101-57-42(26-92-30(3)73)100-67(107-68(27-93-43(76)19-14-32-11-16-35(75)17-12-32)61(48(81)40(24-71)106-68)105-62(89)34-9-7-6-8-10-34)60(104-65-54(87)51(84)47(80)39(23-70)98-65)59(57)103-66-55(88)58(56(95-31(4)74)41(99-66)25-91-29(2)72)102-64-53(86)50(83)46(79)38(22-69)97-64/h6-21,28,38-42,45-61,63-67,69-71,75,78-88H,22-27H2,1-5H3/b19-14+,20-15+/t28-,38+,39+,40+,41+,42+,45-,46+,47+,48+,49+,50-,51-,52+,53+,54+,55+,56+,57+,58+,59-,60+,61-,63-,64-,65-,66-,67+,68-/m0/s1. The average Bonchev–Trinajstić information content (AvgIpc) is 1.43. The van der Waals surface area contributed by atoms with Gasteiger partial charge < -0.3 is 162 Å². The lowest BCUT2D eigenvalue weighted by Gasteiger charge is -2.51. The number of benzene rings is 3. The number of phenolic OH excluding ortho intramolecular Hbond substituents is 1. The number of hydrogen-bond donors (Lipinski definition) is 15. The van der Waals surface area contributed by atoms with Crippen molar-refractivity contribution in [3.63, 3.8) is 0 Å². The second-order valence-corrected chi connectivity index (χ2v) is 25.4. The summed E-state index contributed by atoms with van der Waals surface area (Å²) in [6, 6.07) is 16.3. The van der Waals surface area contributed by atoms with Crippen LogP contribution in [0.15, 0.2) is 84.9 Å². The highest BCUT2D eigenvalue weighted by molar-refractivity contribution is 5.90. The smallest absolute Gasteiger partial charge is 0.338 e. The van der Waals surface area contributed by atoms with Crippen LogP contribution in [0.25, 0.3) is 12.2 Å². The Labute approximate surface area is 607 Å². The summed E-state index contributed by atoms with van der Waals surface area (Å²) in [5.41, 5.74) is 0.272. The van der Waals surface area contributed by atoms with Gasteiger partial charge in [-0.15, -0.1) is 0 Å². The Morgan fingerprint density at radius 2 is 0.963 bits per heavy atom. The van der Waals surface area contributed by atoms with E-state index in [-0.39, 0.29) is 28.4 Å². The monoisotopic (exact) mass is 1530 g/mol. The van der Waals surface area contributed by atoms with Gasteiger partial charge in [-0.1, -0.05) is 36.4 Å². The van der Waals surface area contributed by atoms with Crippen molar-refractivity contribution in [2.75, 3.05) is 46.8 Å². The molecule has 6 heterocycles. The van der Waals surface area contributed by atoms with Crippen molar-refractivity contribution in [2.24, 2.45) is 0 Å². The zero-order valence-corrected chi connectivity index (χ0v) is 57.7. The Morgan fingerprint density at radius 1 is 0.458 bits per heavy atom. The molecule has 0 radical (unpaired) electrons. The number of rotatable bonds is 28. The summed E-state index contributed by atoms with van der Waals surface area (Å²) in [7, 11) is 1.22. The minimum Gasteiger partial charge on any atom is -0.508 e. The average molecular weight is 1530 g/mol. The lowest BCUT2D eigenvalue weighted by molar-refractivity contribution is -0.423. The minimum atomic E-state index is -3.08. The number of methoxy groups -OCH3 is 1. The second-order valence-electron chi connectivity index (χ2n) is 25.4. The van der Waals surface area contributed by atoms with Gasteiger partial charge in [0.15, 0.2) is 55.0 Å². The highest BCUT2D eigenvalue weighted by Gasteiger charge is 2.65. The molecule has 0 unspecified atom stereocenters. The number of ether oxygens (including phenoxy) is 18. The molecular formula is C68H86O39. The van der Waals surface area contributed by atoms with E-state index in [1.54, 1.807) is 0 Å². The Hall–Kier alpha value is -7.60. The van der Waals surface area contributed by atoms with Crippen LogP contribution in [0.5, 0.6) is 17.2 Å². The van der Waals surface area contributed by atoms with Crippen LogP contribution in [-0.4, -0.2) is 337 Å². The molecule has 107 heavy (non-hydrogen) atoms. The third-order valence-electron chi connectivity index (χ3n) is 17.8. The quantitative estimate of drug-likeness (QED) is 0.0183. The van der Waals surface area contributed by atoms with Crippen molar-refractivity contribution in [3.05, 3.63) is 102 Å². The number of hydrogen-bond acceptors (Lipinski definition) is 39. The topological polar surface area (TPSA) is 572 Å². The van der Waals surface area contributed by atoms with Crippen LogP contribution in [0.3, 0.4) is 0 Å². The van der Waals surface area contributed by atoms with E-state index in [0.717, 1.165) is 39.0 Å². The summed E-state index contributed by atoms with van der Waals surface area (Å²) >= 11 is 0. The van der Waals surface area contributed by atoms with Crippen LogP contribution in [0.4, 0.5) is 0 Å². The fourth-order valence-electron chi connectivity index (χ4n) is 12.2. The van der Waals surface area contributed by atoms with Crippen molar-refractivity contribution >= 4 is 48.0 Å². The molecule has 15 N–H and O–H groups in total. The molecule has 29 atom stereocenters. The molecule has 3 aromatic rings. The van der Waals surface area contributed by atoms with E-state index in [0.29, 0.717) is 5.56 Å². The Bertz CT molecular complexity index is 3510. The maximum atomic E-state index is 14.9. The molecule has 0 aromatic heterocycles. The van der Waals surface area contributed by atoms with Crippen LogP contribution >= 0.6 is 0 Å². The van der Waals surface area contributed by atoms with Gasteiger partial charge in [0.1, 0.15) is 142 Å². The Morgan fingerprint density at radius 3 is 1.53 bits per heavy atom. The summed E-state index contributed by atoms with van der Waals surface area (Å²) in [6.45, 7) is -2.52. The molecule has 6 fully saturated rings. The summed E-state index contributed by atoms with van der Waals surface area (Å²) in [5.74, 6) is -10.5. The van der Waals surface area contributed by atoms with E-state index in [1.807, 2.05) is 0 Å². The second kappa shape index (κ2) is 37.2. The maximum absolute atomic E-state index is 14.9. The predicted octanol–water partition coefficient (Wildman–Crippen LogP) is -5.90. The normalized spacial score (nSPS) is 37.3. The molecule has 0 bridgehead atoms. The van der Waals surface area contributed by atoms with E-state index in [4.69, 9.17) is 85.3 Å². The van der Waals surface area contributed by atoms with Crippen molar-refractivity contribution in [1.29, 1.82) is 0 Å². The number of carbonyl (C=O) groups is 6. The summed E-state index contributed by atoms with van der Waals surface area (Å²) in [5, 5.41) is 165. The first-order chi connectivity index (χ1) is 50.9. The number of aliphatic hydroxyl groups excluding tert-OH is 14. The third-order valence-corrected chi connectivity index (χ3v) is 17.8. The van der Waals surface area contributed by atoms with Crippen molar-refractivity contribution in [3.8, 4) is 17.2 Å². The number of carbonyl (C=O) groups excluding carboxylic acids is 6. The molecule has 6 saturated heterocycles. The van der Waals surface area contributed by atoms with E-state index in [1.165, 1.54) is 92.9 Å². The lowest BCUT2D eigenvalue weighted by Crippen LogP contribution is -2.70. The van der Waals surface area contributed by atoms with Gasteiger partial charge in [0.2, 0.25) is 12.1 Å². The fraction of sp³-hybridized carbons (Fsp3) is 0.588. The highest BCUT2D eigenvalue weighted by atomic mass is 16.8. The molecule has 0 amide bonds. The summed E-state index contributed by atoms with van der Waals surface area (Å²) < 4.78 is 108. The lowest BCUT2D eigenvalue weighted by atomic mass is 9.95. The predicted molar refractivity (Wildman–Crippen MR) is 345 cm³/mol. The zero-order valence-electron chi connectivity index (χ0n) is 57.7. The van der Waals surface area contributed by atoms with Gasteiger partial charge >= 0.3 is 35.8 Å². The number of aromatic hydroxyl groups is 1. The zero-order chi connectivity index (χ0) is 77.9. The molecule has 0 saturated carbocycles. The molecule has 9 rings (SSSR count). The maximum Gasteiger partial charge on any atom is 0.338 e. The van der Waals surface area contributed by atoms with E-state index in [2.05, 4.69) is 0 Å². The Balaban J connectivity index is 1.21. The number of aliphatic hydroxyl groups is 14. The molecule has 592 valence electrons. The molecule has 0 aliphatic carbocycles. The molecule has 39 nitrogen and oxygen atoms in total. The summed E-state index contributed by atoms with van der Waals surface area (Å²) in [6.07, 6.45) is -54.6. The van der Waals surface area contributed by atoms with Crippen LogP contribution in [-0.2, 0) is 99.8 Å². The largest absolute Gasteiger partial charge is 0.508 e. The summed E-state index contributed by atoms with van der Waals surface area (Å²) in [4.78, 5) is 81.8. The Kier molecular flexibility index (Phi) is 29.0. The van der Waals surface area contributed by atoms with Gasteiger partial charge in [-0.25, -0.2) is 14.4 Å². The fourth-order valence-corrected chi connectivity index (χ4v) is 12.2. The molecule has 39 heteroatoms. The van der Waals surface area contributed by atoms with Crippen molar-refractivity contribution in [2.45, 2.75) is 205 Å². The molecule has 0 spiro atoms. The van der Waals surface area contributed by atoms with Gasteiger partial charge in [-0.05, 0) is 66.6 Å². The van der Waals surface area contributed by atoms with Gasteiger partial charge in [0.05, 0.1) is 38.6 Å². The first-order valence-electron chi connectivity index (χ1n) is 33.4. The van der Waals surface area contributed by atoms with Gasteiger partial charge in [0, 0.05) is 32.9 Å². The molecule has 6 aliphatic heterocycles. The van der Waals surface area contributed by atoms with Crippen LogP contribution < -0.4 is 9.47 Å². The number of phenols is 1. The highest BCUT2D eigenvalue weighted by Crippen LogP contribution is 2.44. The van der Waals surface area contributed by atoms with E-state index < -0.39 is 253 Å². The van der Waals surface area contributed by atoms with E-state index >= 15 is 0 Å². The van der Waals surface area contributed by atoms with Crippen molar-refractivity contribution < 1.29 is 191 Å². The first kappa shape index (κ1) is 83.4. The van der Waals surface area contributed by atoms with E-state index in [9.17, 15) is 105 Å². The number of esters is 6. The molecule has 3 aromatic carbocycles. The minimum absolute atomic E-state index is 0.0681. The molecule has 6 aliphatic rings. The van der Waals surface area contributed by atoms with Crippen LogP contribution in [0.1, 0.15) is 49.2 Å².